The molecule has 1 atom stereocenters. The molecule has 0 spiro atoms. The molecule has 4 heteroatoms. The maximum absolute atomic E-state index is 11.6. The van der Waals surface area contributed by atoms with Gasteiger partial charge in [0.2, 0.25) is 5.91 Å². The normalized spacial score (nSPS) is 13.8. The second kappa shape index (κ2) is 7.67. The fourth-order valence-electron chi connectivity index (χ4n) is 1.51. The average Bonchev–Trinajstić information content (AvgIpc) is 2.22. The van der Waals surface area contributed by atoms with E-state index >= 15 is 0 Å². The monoisotopic (exact) mass is 244 g/mol. The van der Waals surface area contributed by atoms with E-state index in [1.54, 1.807) is 0 Å². The van der Waals surface area contributed by atoms with Gasteiger partial charge >= 0.3 is 0 Å². The Morgan fingerprint density at radius 1 is 1.29 bits per heavy atom. The predicted octanol–water partition coefficient (Wildman–Crippen LogP) is 1.65. The minimum Gasteiger partial charge on any atom is -0.366 e. The van der Waals surface area contributed by atoms with Gasteiger partial charge in [0.15, 0.2) is 0 Å². The van der Waals surface area contributed by atoms with E-state index in [-0.39, 0.29) is 24.2 Å². The molecule has 0 aromatic carbocycles. The van der Waals surface area contributed by atoms with E-state index in [4.69, 9.17) is 4.74 Å². The quantitative estimate of drug-likeness (QED) is 0.740. The Bertz CT molecular complexity index is 220. The smallest absolute Gasteiger partial charge is 0.246 e. The van der Waals surface area contributed by atoms with Crippen LogP contribution in [0, 0.1) is 0 Å². The molecule has 17 heavy (non-hydrogen) atoms. The number of hydrogen-bond donors (Lipinski definition) is 1. The molecule has 0 aliphatic heterocycles. The Labute approximate surface area is 106 Å². The number of likely N-dealkylation sites (N-methyl/N-ethyl adjacent to an activating group) is 1. The third-order valence-corrected chi connectivity index (χ3v) is 2.47. The summed E-state index contributed by atoms with van der Waals surface area (Å²) in [5.41, 5.74) is -0.264. The standard InChI is InChI=1S/C13H28N2O2/c1-7-15(8-2)9-11(3)14-12(16)10-17-13(4,5)6/h11H,7-10H2,1-6H3,(H,14,16). The summed E-state index contributed by atoms with van der Waals surface area (Å²) in [4.78, 5) is 13.9. The highest BCUT2D eigenvalue weighted by Crippen LogP contribution is 2.05. The van der Waals surface area contributed by atoms with Crippen LogP contribution in [-0.2, 0) is 9.53 Å². The molecular weight excluding hydrogens is 216 g/mol. The lowest BCUT2D eigenvalue weighted by atomic mass is 10.2. The molecule has 0 rings (SSSR count). The van der Waals surface area contributed by atoms with Crippen molar-refractivity contribution in [2.75, 3.05) is 26.2 Å². The molecule has 102 valence electrons. The lowest BCUT2D eigenvalue weighted by molar-refractivity contribution is -0.131. The average molecular weight is 244 g/mol. The van der Waals surface area contributed by atoms with Gasteiger partial charge in [-0.3, -0.25) is 4.79 Å². The van der Waals surface area contributed by atoms with E-state index in [1.165, 1.54) is 0 Å². The largest absolute Gasteiger partial charge is 0.366 e. The highest BCUT2D eigenvalue weighted by atomic mass is 16.5. The maximum Gasteiger partial charge on any atom is 0.246 e. The van der Waals surface area contributed by atoms with E-state index < -0.39 is 0 Å². The van der Waals surface area contributed by atoms with Gasteiger partial charge in [-0.1, -0.05) is 13.8 Å². The zero-order valence-corrected chi connectivity index (χ0v) is 12.2. The topological polar surface area (TPSA) is 41.6 Å². The van der Waals surface area contributed by atoms with Crippen LogP contribution >= 0.6 is 0 Å². The number of hydrogen-bond acceptors (Lipinski definition) is 3. The third kappa shape index (κ3) is 9.12. The zero-order chi connectivity index (χ0) is 13.5. The molecule has 1 amide bonds. The summed E-state index contributed by atoms with van der Waals surface area (Å²) in [6.07, 6.45) is 0. The summed E-state index contributed by atoms with van der Waals surface area (Å²) >= 11 is 0. The number of carbonyl (C=O) groups excluding carboxylic acids is 1. The highest BCUT2D eigenvalue weighted by Gasteiger charge is 2.15. The molecule has 0 heterocycles. The van der Waals surface area contributed by atoms with Crippen LogP contribution in [0.5, 0.6) is 0 Å². The zero-order valence-electron chi connectivity index (χ0n) is 12.2. The van der Waals surface area contributed by atoms with E-state index in [0.717, 1.165) is 19.6 Å². The van der Waals surface area contributed by atoms with E-state index in [0.29, 0.717) is 0 Å². The Morgan fingerprint density at radius 3 is 2.24 bits per heavy atom. The molecule has 0 fully saturated rings. The molecule has 1 unspecified atom stereocenters. The van der Waals surface area contributed by atoms with Gasteiger partial charge in [0, 0.05) is 12.6 Å². The van der Waals surface area contributed by atoms with Crippen LogP contribution in [0.3, 0.4) is 0 Å². The van der Waals surface area contributed by atoms with Gasteiger partial charge in [0.1, 0.15) is 6.61 Å². The molecule has 0 saturated carbocycles. The number of nitrogens with zero attached hydrogens (tertiary/aromatic N) is 1. The lowest BCUT2D eigenvalue weighted by Gasteiger charge is -2.24. The van der Waals surface area contributed by atoms with Crippen molar-refractivity contribution >= 4 is 5.91 Å². The summed E-state index contributed by atoms with van der Waals surface area (Å²) < 4.78 is 5.42. The molecule has 0 radical (unpaired) electrons. The Kier molecular flexibility index (Phi) is 7.39. The van der Waals surface area contributed by atoms with Crippen molar-refractivity contribution in [1.82, 2.24) is 10.2 Å². The first-order valence-corrected chi connectivity index (χ1v) is 6.44. The van der Waals surface area contributed by atoms with E-state index in [2.05, 4.69) is 24.1 Å². The fourth-order valence-corrected chi connectivity index (χ4v) is 1.51. The van der Waals surface area contributed by atoms with Crippen LogP contribution in [-0.4, -0.2) is 48.7 Å². The molecular formula is C13H28N2O2. The Hall–Kier alpha value is -0.610. The van der Waals surface area contributed by atoms with Crippen molar-refractivity contribution in [2.24, 2.45) is 0 Å². The van der Waals surface area contributed by atoms with E-state index in [1.807, 2.05) is 27.7 Å². The second-order valence-corrected chi connectivity index (χ2v) is 5.36. The van der Waals surface area contributed by atoms with Crippen LogP contribution in [0.25, 0.3) is 0 Å². The van der Waals surface area contributed by atoms with Crippen LogP contribution in [0.1, 0.15) is 41.5 Å². The summed E-state index contributed by atoms with van der Waals surface area (Å²) in [7, 11) is 0. The Balaban J connectivity index is 3.87. The lowest BCUT2D eigenvalue weighted by Crippen LogP contribution is -2.43. The van der Waals surface area contributed by atoms with Gasteiger partial charge in [-0.2, -0.15) is 0 Å². The summed E-state index contributed by atoms with van der Waals surface area (Å²) in [6, 6.07) is 0.158. The van der Waals surface area contributed by atoms with Crippen LogP contribution in [0.4, 0.5) is 0 Å². The summed E-state index contributed by atoms with van der Waals surface area (Å²) in [5, 5.41) is 2.95. The van der Waals surface area contributed by atoms with Crippen molar-refractivity contribution < 1.29 is 9.53 Å². The van der Waals surface area contributed by atoms with Gasteiger partial charge in [0.05, 0.1) is 5.60 Å². The SMILES string of the molecule is CCN(CC)CC(C)NC(=O)COC(C)(C)C. The number of ether oxygens (including phenoxy) is 1. The molecule has 0 aromatic heterocycles. The second-order valence-electron chi connectivity index (χ2n) is 5.36. The van der Waals surface area contributed by atoms with Crippen molar-refractivity contribution in [3.63, 3.8) is 0 Å². The Morgan fingerprint density at radius 2 is 1.82 bits per heavy atom. The third-order valence-electron chi connectivity index (χ3n) is 2.47. The minimum absolute atomic E-state index is 0.0421. The number of amides is 1. The van der Waals surface area contributed by atoms with E-state index in [9.17, 15) is 4.79 Å². The fraction of sp³-hybridized carbons (Fsp3) is 0.923. The van der Waals surface area contributed by atoms with Gasteiger partial charge in [-0.15, -0.1) is 0 Å². The van der Waals surface area contributed by atoms with Gasteiger partial charge < -0.3 is 15.0 Å². The van der Waals surface area contributed by atoms with Gasteiger partial charge in [0.25, 0.3) is 0 Å². The molecule has 0 aliphatic carbocycles. The van der Waals surface area contributed by atoms with Crippen molar-refractivity contribution in [1.29, 1.82) is 0 Å². The van der Waals surface area contributed by atoms with Crippen molar-refractivity contribution in [3.05, 3.63) is 0 Å². The first kappa shape index (κ1) is 16.4. The molecule has 0 bridgehead atoms. The highest BCUT2D eigenvalue weighted by molar-refractivity contribution is 5.77. The van der Waals surface area contributed by atoms with Crippen molar-refractivity contribution in [3.8, 4) is 0 Å². The first-order valence-electron chi connectivity index (χ1n) is 6.44. The van der Waals surface area contributed by atoms with Crippen LogP contribution < -0.4 is 5.32 Å². The number of nitrogens with one attached hydrogen (secondary N) is 1. The van der Waals surface area contributed by atoms with Crippen LogP contribution in [0.2, 0.25) is 0 Å². The first-order chi connectivity index (χ1) is 7.78. The molecule has 1 N–H and O–H groups in total. The maximum atomic E-state index is 11.6. The summed E-state index contributed by atoms with van der Waals surface area (Å²) in [5.74, 6) is -0.0421. The molecule has 0 aromatic rings. The minimum atomic E-state index is -0.264. The van der Waals surface area contributed by atoms with Crippen LogP contribution in [0.15, 0.2) is 0 Å². The van der Waals surface area contributed by atoms with Gasteiger partial charge in [-0.05, 0) is 40.8 Å². The molecule has 4 nitrogen and oxygen atoms in total. The van der Waals surface area contributed by atoms with Crippen molar-refractivity contribution in [2.45, 2.75) is 53.2 Å². The van der Waals surface area contributed by atoms with Gasteiger partial charge in [-0.25, -0.2) is 0 Å². The summed E-state index contributed by atoms with van der Waals surface area (Å²) in [6.45, 7) is 15.1. The number of carbonyl (C=O) groups is 1. The molecule has 0 aliphatic rings. The predicted molar refractivity (Wildman–Crippen MR) is 71.1 cm³/mol. The number of rotatable bonds is 7. The molecule has 0 saturated heterocycles.